The van der Waals surface area contributed by atoms with Crippen LogP contribution < -0.4 is 10.1 Å². The molecule has 0 fully saturated rings. The molecule has 2 rings (SSSR count). The van der Waals surface area contributed by atoms with Gasteiger partial charge >= 0.3 is 0 Å². The SMILES string of the molecule is COc1cccc(CNc2ncns2)c1. The van der Waals surface area contributed by atoms with E-state index in [-0.39, 0.29) is 0 Å². The van der Waals surface area contributed by atoms with Gasteiger partial charge in [-0.15, -0.1) is 0 Å². The van der Waals surface area contributed by atoms with Crippen LogP contribution in [0.1, 0.15) is 5.56 Å². The number of hydrogen-bond donors (Lipinski definition) is 1. The Kier molecular flexibility index (Phi) is 3.14. The average molecular weight is 221 g/mol. The molecule has 0 atom stereocenters. The lowest BCUT2D eigenvalue weighted by atomic mass is 10.2. The van der Waals surface area contributed by atoms with E-state index >= 15 is 0 Å². The fraction of sp³-hybridized carbons (Fsp3) is 0.200. The molecule has 0 aliphatic heterocycles. The number of nitrogens with one attached hydrogen (secondary N) is 1. The minimum Gasteiger partial charge on any atom is -0.497 e. The normalized spacial score (nSPS) is 9.93. The highest BCUT2D eigenvalue weighted by molar-refractivity contribution is 7.09. The summed E-state index contributed by atoms with van der Waals surface area (Å²) in [5, 5.41) is 4.01. The predicted octanol–water partition coefficient (Wildman–Crippen LogP) is 2.16. The van der Waals surface area contributed by atoms with Crippen LogP contribution in [0.2, 0.25) is 0 Å². The lowest BCUT2D eigenvalue weighted by molar-refractivity contribution is 0.414. The van der Waals surface area contributed by atoms with E-state index in [2.05, 4.69) is 14.7 Å². The lowest BCUT2D eigenvalue weighted by Crippen LogP contribution is -1.98. The van der Waals surface area contributed by atoms with Crippen molar-refractivity contribution in [1.82, 2.24) is 9.36 Å². The number of benzene rings is 1. The summed E-state index contributed by atoms with van der Waals surface area (Å²) in [6.07, 6.45) is 1.54. The molecule has 78 valence electrons. The van der Waals surface area contributed by atoms with Gasteiger partial charge in [-0.05, 0) is 17.7 Å². The van der Waals surface area contributed by atoms with Gasteiger partial charge in [-0.2, -0.15) is 4.37 Å². The molecule has 0 aliphatic carbocycles. The van der Waals surface area contributed by atoms with Gasteiger partial charge in [-0.3, -0.25) is 0 Å². The molecule has 0 amide bonds. The highest BCUT2D eigenvalue weighted by Gasteiger charge is 1.97. The molecule has 1 aromatic carbocycles. The zero-order valence-corrected chi connectivity index (χ0v) is 9.12. The molecule has 1 N–H and O–H groups in total. The molecule has 0 saturated heterocycles. The van der Waals surface area contributed by atoms with Crippen LogP contribution in [0.25, 0.3) is 0 Å². The number of aromatic nitrogens is 2. The number of anilines is 1. The van der Waals surface area contributed by atoms with Crippen molar-refractivity contribution in [2.75, 3.05) is 12.4 Å². The molecule has 0 unspecified atom stereocenters. The van der Waals surface area contributed by atoms with E-state index in [4.69, 9.17) is 4.74 Å². The summed E-state index contributed by atoms with van der Waals surface area (Å²) < 4.78 is 9.05. The van der Waals surface area contributed by atoms with Crippen LogP contribution in [0.3, 0.4) is 0 Å². The number of methoxy groups -OCH3 is 1. The molecular formula is C10H11N3OS. The van der Waals surface area contributed by atoms with Gasteiger partial charge in [0.1, 0.15) is 12.1 Å². The summed E-state index contributed by atoms with van der Waals surface area (Å²) in [7, 11) is 1.66. The van der Waals surface area contributed by atoms with Crippen LogP contribution in [-0.4, -0.2) is 16.5 Å². The van der Waals surface area contributed by atoms with Gasteiger partial charge in [0, 0.05) is 18.1 Å². The van der Waals surface area contributed by atoms with Gasteiger partial charge in [0.2, 0.25) is 5.13 Å². The Morgan fingerprint density at radius 3 is 3.13 bits per heavy atom. The summed E-state index contributed by atoms with van der Waals surface area (Å²) in [6.45, 7) is 0.729. The Labute approximate surface area is 92.1 Å². The van der Waals surface area contributed by atoms with Crippen LogP contribution in [0.5, 0.6) is 5.75 Å². The van der Waals surface area contributed by atoms with Gasteiger partial charge in [-0.1, -0.05) is 12.1 Å². The first kappa shape index (κ1) is 9.92. The molecule has 0 aliphatic rings. The van der Waals surface area contributed by atoms with E-state index in [1.807, 2.05) is 24.3 Å². The van der Waals surface area contributed by atoms with Crippen molar-refractivity contribution >= 4 is 16.7 Å². The van der Waals surface area contributed by atoms with E-state index in [0.717, 1.165) is 23.0 Å². The monoisotopic (exact) mass is 221 g/mol. The zero-order valence-electron chi connectivity index (χ0n) is 8.30. The van der Waals surface area contributed by atoms with Crippen molar-refractivity contribution in [1.29, 1.82) is 0 Å². The number of nitrogens with zero attached hydrogens (tertiary/aromatic N) is 2. The number of ether oxygens (including phenoxy) is 1. The lowest BCUT2D eigenvalue weighted by Gasteiger charge is -2.04. The minimum atomic E-state index is 0.729. The summed E-state index contributed by atoms with van der Waals surface area (Å²) in [5.41, 5.74) is 1.16. The van der Waals surface area contributed by atoms with Gasteiger partial charge in [0.25, 0.3) is 0 Å². The van der Waals surface area contributed by atoms with Crippen LogP contribution in [0, 0.1) is 0 Å². The van der Waals surface area contributed by atoms with E-state index in [1.165, 1.54) is 11.5 Å². The maximum atomic E-state index is 5.14. The molecule has 2 aromatic rings. The summed E-state index contributed by atoms with van der Waals surface area (Å²) >= 11 is 1.35. The molecule has 0 spiro atoms. The van der Waals surface area contributed by atoms with Crippen LogP contribution >= 0.6 is 11.5 Å². The molecule has 4 nitrogen and oxygen atoms in total. The standard InChI is InChI=1S/C10H11N3OS/c1-14-9-4-2-3-8(5-9)6-11-10-12-7-13-15-10/h2-5,7H,6H2,1H3,(H,11,12,13). The van der Waals surface area contributed by atoms with Crippen LogP contribution in [-0.2, 0) is 6.54 Å². The molecule has 1 aromatic heterocycles. The third-order valence-corrected chi connectivity index (χ3v) is 2.56. The summed E-state index contributed by atoms with van der Waals surface area (Å²) in [6, 6.07) is 7.93. The van der Waals surface area contributed by atoms with E-state index in [9.17, 15) is 0 Å². The second-order valence-electron chi connectivity index (χ2n) is 2.95. The van der Waals surface area contributed by atoms with Crippen molar-refractivity contribution in [3.63, 3.8) is 0 Å². The second-order valence-corrected chi connectivity index (χ2v) is 3.73. The molecular weight excluding hydrogens is 210 g/mol. The molecule has 5 heteroatoms. The largest absolute Gasteiger partial charge is 0.497 e. The van der Waals surface area contributed by atoms with Gasteiger partial charge in [0.05, 0.1) is 7.11 Å². The van der Waals surface area contributed by atoms with Gasteiger partial charge in [0.15, 0.2) is 0 Å². The topological polar surface area (TPSA) is 47.0 Å². The van der Waals surface area contributed by atoms with Gasteiger partial charge < -0.3 is 10.1 Å². The second kappa shape index (κ2) is 4.75. The van der Waals surface area contributed by atoms with Crippen molar-refractivity contribution in [3.8, 4) is 5.75 Å². The quantitative estimate of drug-likeness (QED) is 0.859. The highest BCUT2D eigenvalue weighted by Crippen LogP contribution is 2.14. The molecule has 0 saturated carbocycles. The Morgan fingerprint density at radius 2 is 2.40 bits per heavy atom. The zero-order chi connectivity index (χ0) is 10.5. The van der Waals surface area contributed by atoms with Crippen molar-refractivity contribution in [2.45, 2.75) is 6.54 Å². The summed E-state index contributed by atoms with van der Waals surface area (Å²) in [4.78, 5) is 4.04. The maximum absolute atomic E-state index is 5.14. The molecule has 1 heterocycles. The van der Waals surface area contributed by atoms with Crippen molar-refractivity contribution in [3.05, 3.63) is 36.2 Å². The van der Waals surface area contributed by atoms with Crippen molar-refractivity contribution < 1.29 is 4.74 Å². The van der Waals surface area contributed by atoms with Gasteiger partial charge in [-0.25, -0.2) is 4.98 Å². The number of rotatable bonds is 4. The third-order valence-electron chi connectivity index (χ3n) is 1.94. The first-order valence-corrected chi connectivity index (χ1v) is 5.29. The fourth-order valence-electron chi connectivity index (χ4n) is 1.21. The Bertz CT molecular complexity index is 416. The summed E-state index contributed by atoms with van der Waals surface area (Å²) in [5.74, 6) is 0.867. The molecule has 0 radical (unpaired) electrons. The third kappa shape index (κ3) is 2.66. The van der Waals surface area contributed by atoms with E-state index < -0.39 is 0 Å². The average Bonchev–Trinajstić information content (AvgIpc) is 2.79. The predicted molar refractivity (Wildman–Crippen MR) is 60.2 cm³/mol. The Balaban J connectivity index is 1.98. The molecule has 15 heavy (non-hydrogen) atoms. The van der Waals surface area contributed by atoms with E-state index in [0.29, 0.717) is 0 Å². The highest BCUT2D eigenvalue weighted by atomic mass is 32.1. The Morgan fingerprint density at radius 1 is 1.47 bits per heavy atom. The Hall–Kier alpha value is -1.62. The van der Waals surface area contributed by atoms with E-state index in [1.54, 1.807) is 13.4 Å². The number of hydrogen-bond acceptors (Lipinski definition) is 5. The minimum absolute atomic E-state index is 0.729. The van der Waals surface area contributed by atoms with Crippen LogP contribution in [0.4, 0.5) is 5.13 Å². The molecule has 0 bridgehead atoms. The first-order chi connectivity index (χ1) is 7.38. The smallest absolute Gasteiger partial charge is 0.202 e. The van der Waals surface area contributed by atoms with Crippen LogP contribution in [0.15, 0.2) is 30.6 Å². The fourth-order valence-corrected chi connectivity index (χ4v) is 1.64. The van der Waals surface area contributed by atoms with Crippen molar-refractivity contribution in [2.24, 2.45) is 0 Å². The first-order valence-electron chi connectivity index (χ1n) is 4.52. The maximum Gasteiger partial charge on any atom is 0.202 e.